The Hall–Kier alpha value is -2.08. The lowest BCUT2D eigenvalue weighted by Gasteiger charge is -2.17. The molecule has 0 amide bonds. The van der Waals surface area contributed by atoms with Gasteiger partial charge in [0.1, 0.15) is 5.75 Å². The molecule has 0 spiro atoms. The fourth-order valence-electron chi connectivity index (χ4n) is 2.06. The van der Waals surface area contributed by atoms with E-state index in [4.69, 9.17) is 17.0 Å². The Morgan fingerprint density at radius 2 is 2.09 bits per heavy atom. The largest absolute Gasteiger partial charge is 0.492 e. The van der Waals surface area contributed by atoms with Crippen LogP contribution in [0.15, 0.2) is 36.5 Å². The SMILES string of the molecule is CCOc1ccccc1NC(=S)NC(C)c1ccn(CC)n1. The lowest BCUT2D eigenvalue weighted by Crippen LogP contribution is -2.31. The van der Waals surface area contributed by atoms with Gasteiger partial charge in [0.25, 0.3) is 0 Å². The van der Waals surface area contributed by atoms with Crippen LogP contribution in [0.4, 0.5) is 5.69 Å². The summed E-state index contributed by atoms with van der Waals surface area (Å²) < 4.78 is 7.48. The first-order valence-electron chi connectivity index (χ1n) is 7.46. The predicted molar refractivity (Wildman–Crippen MR) is 93.3 cm³/mol. The molecule has 1 aromatic carbocycles. The van der Waals surface area contributed by atoms with Crippen molar-refractivity contribution in [3.8, 4) is 5.75 Å². The van der Waals surface area contributed by atoms with Crippen LogP contribution in [-0.4, -0.2) is 21.5 Å². The zero-order valence-electron chi connectivity index (χ0n) is 13.2. The van der Waals surface area contributed by atoms with Crippen molar-refractivity contribution < 1.29 is 4.74 Å². The summed E-state index contributed by atoms with van der Waals surface area (Å²) in [5, 5.41) is 11.4. The first kappa shape index (κ1) is 16.3. The quantitative estimate of drug-likeness (QED) is 0.800. The van der Waals surface area contributed by atoms with Crippen LogP contribution in [0, 0.1) is 0 Å². The van der Waals surface area contributed by atoms with Crippen molar-refractivity contribution in [1.82, 2.24) is 15.1 Å². The highest BCUT2D eigenvalue weighted by molar-refractivity contribution is 7.80. The molecule has 0 saturated carbocycles. The number of nitrogens with one attached hydrogen (secondary N) is 2. The average Bonchev–Trinajstić information content (AvgIpc) is 2.98. The fraction of sp³-hybridized carbons (Fsp3) is 0.375. The monoisotopic (exact) mass is 318 g/mol. The molecular weight excluding hydrogens is 296 g/mol. The van der Waals surface area contributed by atoms with Gasteiger partial charge in [-0.3, -0.25) is 4.68 Å². The Morgan fingerprint density at radius 3 is 2.77 bits per heavy atom. The van der Waals surface area contributed by atoms with E-state index in [1.54, 1.807) is 0 Å². The molecule has 0 saturated heterocycles. The maximum atomic E-state index is 5.58. The summed E-state index contributed by atoms with van der Waals surface area (Å²) in [7, 11) is 0. The molecule has 0 aliphatic rings. The molecule has 6 heteroatoms. The van der Waals surface area contributed by atoms with Gasteiger partial charge >= 0.3 is 0 Å². The highest BCUT2D eigenvalue weighted by Crippen LogP contribution is 2.23. The number of benzene rings is 1. The summed E-state index contributed by atoms with van der Waals surface area (Å²) in [6.07, 6.45) is 1.97. The number of nitrogens with zero attached hydrogens (tertiary/aromatic N) is 2. The van der Waals surface area contributed by atoms with E-state index in [1.165, 1.54) is 0 Å². The number of ether oxygens (including phenoxy) is 1. The average molecular weight is 318 g/mol. The van der Waals surface area contributed by atoms with Crippen molar-refractivity contribution in [3.05, 3.63) is 42.2 Å². The van der Waals surface area contributed by atoms with E-state index >= 15 is 0 Å². The molecule has 0 aliphatic carbocycles. The number of anilines is 1. The molecule has 0 fully saturated rings. The maximum Gasteiger partial charge on any atom is 0.171 e. The summed E-state index contributed by atoms with van der Waals surface area (Å²) in [6.45, 7) is 7.52. The summed E-state index contributed by atoms with van der Waals surface area (Å²) in [5.41, 5.74) is 1.82. The van der Waals surface area contributed by atoms with E-state index < -0.39 is 0 Å². The van der Waals surface area contributed by atoms with Crippen molar-refractivity contribution in [2.45, 2.75) is 33.4 Å². The van der Waals surface area contributed by atoms with E-state index in [2.05, 4.69) is 22.7 Å². The maximum absolute atomic E-state index is 5.58. The topological polar surface area (TPSA) is 51.1 Å². The molecule has 2 aromatic rings. The van der Waals surface area contributed by atoms with Crippen LogP contribution in [0.25, 0.3) is 0 Å². The van der Waals surface area contributed by atoms with Crippen LogP contribution in [0.5, 0.6) is 5.75 Å². The van der Waals surface area contributed by atoms with Crippen molar-refractivity contribution in [3.63, 3.8) is 0 Å². The number of rotatable bonds is 6. The van der Waals surface area contributed by atoms with Gasteiger partial charge in [0.05, 0.1) is 24.0 Å². The summed E-state index contributed by atoms with van der Waals surface area (Å²) >= 11 is 5.38. The second kappa shape index (κ2) is 7.79. The van der Waals surface area contributed by atoms with Crippen molar-refractivity contribution in [2.75, 3.05) is 11.9 Å². The Balaban J connectivity index is 1.98. The van der Waals surface area contributed by atoms with Crippen LogP contribution < -0.4 is 15.4 Å². The van der Waals surface area contributed by atoms with Gasteiger partial charge in [-0.25, -0.2) is 0 Å². The number of aromatic nitrogens is 2. The number of para-hydroxylation sites is 2. The highest BCUT2D eigenvalue weighted by atomic mass is 32.1. The predicted octanol–water partition coefficient (Wildman–Crippen LogP) is 3.35. The van der Waals surface area contributed by atoms with E-state index in [9.17, 15) is 0 Å². The summed E-state index contributed by atoms with van der Waals surface area (Å²) in [6, 6.07) is 9.77. The van der Waals surface area contributed by atoms with E-state index in [-0.39, 0.29) is 6.04 Å². The zero-order chi connectivity index (χ0) is 15.9. The normalized spacial score (nSPS) is 11.8. The van der Waals surface area contributed by atoms with Crippen LogP contribution in [0.1, 0.15) is 32.5 Å². The van der Waals surface area contributed by atoms with Gasteiger partial charge in [-0.2, -0.15) is 5.10 Å². The molecule has 1 unspecified atom stereocenters. The van der Waals surface area contributed by atoms with Crippen LogP contribution in [0.3, 0.4) is 0 Å². The first-order valence-corrected chi connectivity index (χ1v) is 7.87. The minimum absolute atomic E-state index is 0.0343. The van der Waals surface area contributed by atoms with Crippen LogP contribution in [0.2, 0.25) is 0 Å². The minimum Gasteiger partial charge on any atom is -0.492 e. The molecule has 2 N–H and O–H groups in total. The molecule has 5 nitrogen and oxygen atoms in total. The molecule has 0 radical (unpaired) electrons. The van der Waals surface area contributed by atoms with Gasteiger partial charge in [0.2, 0.25) is 0 Å². The zero-order valence-corrected chi connectivity index (χ0v) is 14.0. The summed E-state index contributed by atoms with van der Waals surface area (Å²) in [4.78, 5) is 0. The Morgan fingerprint density at radius 1 is 1.32 bits per heavy atom. The van der Waals surface area contributed by atoms with Gasteiger partial charge in [-0.05, 0) is 51.2 Å². The third-order valence-electron chi connectivity index (χ3n) is 3.21. The molecular formula is C16H22N4OS. The number of aryl methyl sites for hydroxylation is 1. The summed E-state index contributed by atoms with van der Waals surface area (Å²) in [5.74, 6) is 0.789. The number of hydrogen-bond acceptors (Lipinski definition) is 3. The highest BCUT2D eigenvalue weighted by Gasteiger charge is 2.11. The van der Waals surface area contributed by atoms with Gasteiger partial charge in [0.15, 0.2) is 5.11 Å². The fourth-order valence-corrected chi connectivity index (χ4v) is 2.35. The molecule has 118 valence electrons. The van der Waals surface area contributed by atoms with Crippen LogP contribution in [-0.2, 0) is 6.54 Å². The standard InChI is InChI=1S/C16H22N4OS/c1-4-20-11-10-13(19-20)12(3)17-16(22)18-14-8-6-7-9-15(14)21-5-2/h6-12H,4-5H2,1-3H3,(H2,17,18,22). The number of hydrogen-bond donors (Lipinski definition) is 2. The van der Waals surface area contributed by atoms with Crippen molar-refractivity contribution >= 4 is 23.0 Å². The van der Waals surface area contributed by atoms with Crippen molar-refractivity contribution in [2.24, 2.45) is 0 Å². The van der Waals surface area contributed by atoms with E-state index in [1.807, 2.05) is 55.1 Å². The second-order valence-corrected chi connectivity index (χ2v) is 5.25. The second-order valence-electron chi connectivity index (χ2n) is 4.85. The van der Waals surface area contributed by atoms with Crippen molar-refractivity contribution in [1.29, 1.82) is 0 Å². The van der Waals surface area contributed by atoms with Gasteiger partial charge < -0.3 is 15.4 Å². The molecule has 1 atom stereocenters. The number of thiocarbonyl (C=S) groups is 1. The smallest absolute Gasteiger partial charge is 0.171 e. The van der Waals surface area contributed by atoms with Gasteiger partial charge in [0, 0.05) is 12.7 Å². The Kier molecular flexibility index (Phi) is 5.77. The molecule has 1 aromatic heterocycles. The lowest BCUT2D eigenvalue weighted by atomic mass is 10.2. The van der Waals surface area contributed by atoms with Gasteiger partial charge in [-0.15, -0.1) is 0 Å². The molecule has 22 heavy (non-hydrogen) atoms. The molecule has 1 heterocycles. The lowest BCUT2D eigenvalue weighted by molar-refractivity contribution is 0.342. The van der Waals surface area contributed by atoms with Gasteiger partial charge in [-0.1, -0.05) is 12.1 Å². The third-order valence-corrected chi connectivity index (χ3v) is 3.43. The molecule has 0 bridgehead atoms. The Bertz CT molecular complexity index is 626. The Labute approximate surface area is 136 Å². The first-order chi connectivity index (χ1) is 10.6. The molecule has 2 rings (SSSR count). The minimum atomic E-state index is 0.0343. The molecule has 0 aliphatic heterocycles. The third kappa shape index (κ3) is 4.21. The van der Waals surface area contributed by atoms with E-state index in [0.29, 0.717) is 11.7 Å². The van der Waals surface area contributed by atoms with E-state index in [0.717, 1.165) is 23.7 Å². The van der Waals surface area contributed by atoms with Crippen LogP contribution >= 0.6 is 12.2 Å².